The summed E-state index contributed by atoms with van der Waals surface area (Å²) in [5.41, 5.74) is 2.10. The number of aryl methyl sites for hydroxylation is 2. The van der Waals surface area contributed by atoms with E-state index in [4.69, 9.17) is 4.74 Å². The van der Waals surface area contributed by atoms with Crippen molar-refractivity contribution >= 4 is 11.8 Å². The Morgan fingerprint density at radius 3 is 2.76 bits per heavy atom. The number of piperidine rings is 1. The van der Waals surface area contributed by atoms with Crippen LogP contribution in [0.25, 0.3) is 0 Å². The molecule has 0 aliphatic carbocycles. The molecule has 134 valence electrons. The smallest absolute Gasteiger partial charge is 0.323 e. The molecule has 0 saturated carbocycles. The zero-order chi connectivity index (χ0) is 17.8. The molecule has 1 aliphatic heterocycles. The zero-order valence-electron chi connectivity index (χ0n) is 15.0. The summed E-state index contributed by atoms with van der Waals surface area (Å²) in [7, 11) is 1.57. The lowest BCUT2D eigenvalue weighted by atomic mass is 9.92. The number of hydrogen-bond donors (Lipinski definition) is 1. The Balaban J connectivity index is 1.59. The SMILES string of the molecule is CCn1cc(C2CCN(C(=O)Nc3nc(C)ccc3OC)CC2)cn1. The van der Waals surface area contributed by atoms with E-state index >= 15 is 0 Å². The second-order valence-corrected chi connectivity index (χ2v) is 6.32. The van der Waals surface area contributed by atoms with E-state index in [1.807, 2.05) is 34.8 Å². The fourth-order valence-corrected chi connectivity index (χ4v) is 3.16. The summed E-state index contributed by atoms with van der Waals surface area (Å²) < 4.78 is 7.22. The number of carbonyl (C=O) groups excluding carboxylic acids is 1. The second kappa shape index (κ2) is 7.55. The van der Waals surface area contributed by atoms with E-state index in [1.165, 1.54) is 5.56 Å². The van der Waals surface area contributed by atoms with Gasteiger partial charge in [0.1, 0.15) is 0 Å². The molecule has 3 heterocycles. The lowest BCUT2D eigenvalue weighted by molar-refractivity contribution is 0.194. The first-order valence-corrected chi connectivity index (χ1v) is 8.70. The van der Waals surface area contributed by atoms with E-state index in [0.717, 1.165) is 38.2 Å². The van der Waals surface area contributed by atoms with Crippen molar-refractivity contribution in [3.8, 4) is 5.75 Å². The van der Waals surface area contributed by atoms with Crippen LogP contribution in [0.4, 0.5) is 10.6 Å². The first kappa shape index (κ1) is 17.3. The van der Waals surface area contributed by atoms with E-state index in [-0.39, 0.29) is 6.03 Å². The van der Waals surface area contributed by atoms with E-state index in [1.54, 1.807) is 7.11 Å². The molecule has 0 unspecified atom stereocenters. The number of methoxy groups -OCH3 is 1. The van der Waals surface area contributed by atoms with Crippen LogP contribution in [0.1, 0.15) is 36.9 Å². The first-order valence-electron chi connectivity index (χ1n) is 8.70. The highest BCUT2D eigenvalue weighted by Crippen LogP contribution is 2.28. The van der Waals surface area contributed by atoms with Gasteiger partial charge in [0.2, 0.25) is 0 Å². The fraction of sp³-hybridized carbons (Fsp3) is 0.500. The number of aromatic nitrogens is 3. The van der Waals surface area contributed by atoms with Crippen molar-refractivity contribution in [2.45, 2.75) is 39.2 Å². The number of nitrogens with zero attached hydrogens (tertiary/aromatic N) is 4. The van der Waals surface area contributed by atoms with Gasteiger partial charge in [-0.25, -0.2) is 9.78 Å². The largest absolute Gasteiger partial charge is 0.493 e. The maximum absolute atomic E-state index is 12.5. The molecule has 25 heavy (non-hydrogen) atoms. The van der Waals surface area contributed by atoms with Gasteiger partial charge in [-0.3, -0.25) is 10.00 Å². The Morgan fingerprint density at radius 1 is 1.36 bits per heavy atom. The normalized spacial score (nSPS) is 15.2. The van der Waals surface area contributed by atoms with Crippen molar-refractivity contribution < 1.29 is 9.53 Å². The van der Waals surface area contributed by atoms with Crippen molar-refractivity contribution in [3.63, 3.8) is 0 Å². The van der Waals surface area contributed by atoms with E-state index < -0.39 is 0 Å². The molecule has 2 amide bonds. The average molecular weight is 343 g/mol. The molecule has 1 N–H and O–H groups in total. The van der Waals surface area contributed by atoms with E-state index in [9.17, 15) is 4.79 Å². The van der Waals surface area contributed by atoms with Crippen LogP contribution < -0.4 is 10.1 Å². The van der Waals surface area contributed by atoms with Crippen LogP contribution in [-0.4, -0.2) is 45.9 Å². The quantitative estimate of drug-likeness (QED) is 0.926. The highest BCUT2D eigenvalue weighted by Gasteiger charge is 2.25. The molecule has 7 heteroatoms. The second-order valence-electron chi connectivity index (χ2n) is 6.32. The Labute approximate surface area is 148 Å². The van der Waals surface area contributed by atoms with Crippen molar-refractivity contribution in [2.75, 3.05) is 25.5 Å². The number of rotatable bonds is 4. The lowest BCUT2D eigenvalue weighted by Gasteiger charge is -2.31. The van der Waals surface area contributed by atoms with Gasteiger partial charge >= 0.3 is 6.03 Å². The number of anilines is 1. The summed E-state index contributed by atoms with van der Waals surface area (Å²) in [6, 6.07) is 3.55. The van der Waals surface area contributed by atoms with Crippen LogP contribution in [-0.2, 0) is 6.54 Å². The van der Waals surface area contributed by atoms with E-state index in [2.05, 4.69) is 28.5 Å². The summed E-state index contributed by atoms with van der Waals surface area (Å²) in [5.74, 6) is 1.51. The number of nitrogens with one attached hydrogen (secondary N) is 1. The molecule has 1 fully saturated rings. The minimum atomic E-state index is -0.126. The predicted octanol–water partition coefficient (Wildman–Crippen LogP) is 3.03. The summed E-state index contributed by atoms with van der Waals surface area (Å²) in [6.45, 7) is 6.30. The molecule has 0 spiro atoms. The molecular weight excluding hydrogens is 318 g/mol. The number of ether oxygens (including phenoxy) is 1. The summed E-state index contributed by atoms with van der Waals surface area (Å²) >= 11 is 0. The van der Waals surface area contributed by atoms with Crippen LogP contribution in [0.2, 0.25) is 0 Å². The van der Waals surface area contributed by atoms with Crippen molar-refractivity contribution in [1.29, 1.82) is 0 Å². The van der Waals surface area contributed by atoms with Gasteiger partial charge in [0.25, 0.3) is 0 Å². The molecule has 7 nitrogen and oxygen atoms in total. The highest BCUT2D eigenvalue weighted by molar-refractivity contribution is 5.89. The lowest BCUT2D eigenvalue weighted by Crippen LogP contribution is -2.40. The highest BCUT2D eigenvalue weighted by atomic mass is 16.5. The number of amides is 2. The summed E-state index contributed by atoms with van der Waals surface area (Å²) in [6.07, 6.45) is 5.95. The number of pyridine rings is 1. The first-order chi connectivity index (χ1) is 12.1. The maximum Gasteiger partial charge on any atom is 0.323 e. The van der Waals surface area contributed by atoms with Gasteiger partial charge in [-0.15, -0.1) is 0 Å². The molecule has 3 rings (SSSR count). The Hall–Kier alpha value is -2.57. The van der Waals surface area contributed by atoms with Crippen molar-refractivity contribution in [1.82, 2.24) is 19.7 Å². The monoisotopic (exact) mass is 343 g/mol. The molecule has 1 saturated heterocycles. The molecule has 0 atom stereocenters. The molecule has 0 bridgehead atoms. The molecule has 1 aliphatic rings. The minimum Gasteiger partial charge on any atom is -0.493 e. The number of likely N-dealkylation sites (tertiary alicyclic amines) is 1. The third kappa shape index (κ3) is 3.92. The Bertz CT molecular complexity index is 735. The van der Waals surface area contributed by atoms with Crippen molar-refractivity contribution in [2.24, 2.45) is 0 Å². The standard InChI is InChI=1S/C18H25N5O2/c1-4-23-12-15(11-19-23)14-7-9-22(10-8-14)18(24)21-17-16(25-3)6-5-13(2)20-17/h5-6,11-12,14H,4,7-10H2,1-3H3,(H,20,21,24). The molecule has 2 aromatic heterocycles. The number of urea groups is 1. The van der Waals surface area contributed by atoms with Gasteiger partial charge < -0.3 is 9.64 Å². The maximum atomic E-state index is 12.5. The molecular formula is C18H25N5O2. The van der Waals surface area contributed by atoms with Crippen LogP contribution >= 0.6 is 0 Å². The zero-order valence-corrected chi connectivity index (χ0v) is 15.0. The molecule has 0 aromatic carbocycles. The van der Waals surface area contributed by atoms with Crippen LogP contribution in [0.5, 0.6) is 5.75 Å². The minimum absolute atomic E-state index is 0.126. The Morgan fingerprint density at radius 2 is 2.12 bits per heavy atom. The average Bonchev–Trinajstić information content (AvgIpc) is 3.11. The van der Waals surface area contributed by atoms with Crippen LogP contribution in [0.15, 0.2) is 24.5 Å². The van der Waals surface area contributed by atoms with Gasteiger partial charge in [-0.2, -0.15) is 5.10 Å². The van der Waals surface area contributed by atoms with Gasteiger partial charge in [0, 0.05) is 31.5 Å². The third-order valence-corrected chi connectivity index (χ3v) is 4.67. The van der Waals surface area contributed by atoms with Gasteiger partial charge in [-0.1, -0.05) is 0 Å². The molecule has 0 radical (unpaired) electrons. The predicted molar refractivity (Wildman–Crippen MR) is 96.0 cm³/mol. The van der Waals surface area contributed by atoms with Crippen LogP contribution in [0.3, 0.4) is 0 Å². The third-order valence-electron chi connectivity index (χ3n) is 4.67. The van der Waals surface area contributed by atoms with Gasteiger partial charge in [-0.05, 0) is 50.3 Å². The van der Waals surface area contributed by atoms with Crippen LogP contribution in [0, 0.1) is 6.92 Å². The molecule has 2 aromatic rings. The number of carbonyl (C=O) groups is 1. The number of hydrogen-bond acceptors (Lipinski definition) is 4. The van der Waals surface area contributed by atoms with Gasteiger partial charge in [0.15, 0.2) is 11.6 Å². The topological polar surface area (TPSA) is 72.3 Å². The van der Waals surface area contributed by atoms with Gasteiger partial charge in [0.05, 0.1) is 13.3 Å². The fourth-order valence-electron chi connectivity index (χ4n) is 3.16. The Kier molecular flexibility index (Phi) is 5.21. The summed E-state index contributed by atoms with van der Waals surface area (Å²) in [4.78, 5) is 18.7. The van der Waals surface area contributed by atoms with Crippen molar-refractivity contribution in [3.05, 3.63) is 35.8 Å². The van der Waals surface area contributed by atoms with E-state index in [0.29, 0.717) is 17.5 Å². The summed E-state index contributed by atoms with van der Waals surface area (Å²) in [5, 5.41) is 7.22.